The molecule has 2 heterocycles. The number of pyridine rings is 2. The second-order valence-electron chi connectivity index (χ2n) is 3.71. The zero-order valence-corrected chi connectivity index (χ0v) is 10.4. The van der Waals surface area contributed by atoms with Crippen LogP contribution in [0.3, 0.4) is 0 Å². The third-order valence-electron chi connectivity index (χ3n) is 2.34. The van der Waals surface area contributed by atoms with Crippen molar-refractivity contribution in [2.24, 2.45) is 0 Å². The summed E-state index contributed by atoms with van der Waals surface area (Å²) in [5.41, 5.74) is 2.13. The van der Waals surface area contributed by atoms with E-state index in [4.69, 9.17) is 11.6 Å². The first kappa shape index (κ1) is 11.9. The van der Waals surface area contributed by atoms with Crippen LogP contribution in [0.15, 0.2) is 36.5 Å². The third-order valence-corrected chi connectivity index (χ3v) is 2.56. The first-order valence-electron chi connectivity index (χ1n) is 5.58. The molecule has 2 aromatic rings. The van der Waals surface area contributed by atoms with Gasteiger partial charge in [0.05, 0.1) is 0 Å². The largest absolute Gasteiger partial charge is 0.370 e. The quantitative estimate of drug-likeness (QED) is 0.844. The summed E-state index contributed by atoms with van der Waals surface area (Å²) in [6.07, 6.45) is 2.55. The topological polar surface area (TPSA) is 37.8 Å². The molecule has 0 bridgehead atoms. The minimum absolute atomic E-state index is 0.517. The van der Waals surface area contributed by atoms with Crippen LogP contribution in [0.1, 0.15) is 18.2 Å². The van der Waals surface area contributed by atoms with Crippen LogP contribution in [0.5, 0.6) is 0 Å². The van der Waals surface area contributed by atoms with Gasteiger partial charge in [-0.2, -0.15) is 0 Å². The van der Waals surface area contributed by atoms with Crippen molar-refractivity contribution in [1.29, 1.82) is 0 Å². The van der Waals surface area contributed by atoms with Gasteiger partial charge >= 0.3 is 0 Å². The van der Waals surface area contributed by atoms with E-state index in [-0.39, 0.29) is 0 Å². The number of aromatic nitrogens is 2. The van der Waals surface area contributed by atoms with Crippen molar-refractivity contribution in [3.8, 4) is 0 Å². The molecule has 0 aliphatic carbocycles. The SMILES string of the molecule is CCNc1cccc(Cc2ccc(Cl)nc2)n1. The molecule has 4 heteroatoms. The average molecular weight is 248 g/mol. The van der Waals surface area contributed by atoms with Gasteiger partial charge in [0, 0.05) is 24.9 Å². The molecule has 0 radical (unpaired) electrons. The fourth-order valence-electron chi connectivity index (χ4n) is 1.58. The Morgan fingerprint density at radius 1 is 1.24 bits per heavy atom. The zero-order valence-electron chi connectivity index (χ0n) is 9.65. The predicted octanol–water partition coefficient (Wildman–Crippen LogP) is 3.15. The highest BCUT2D eigenvalue weighted by Crippen LogP contribution is 2.11. The number of halogens is 1. The van der Waals surface area contributed by atoms with Crippen molar-refractivity contribution in [3.05, 3.63) is 52.9 Å². The monoisotopic (exact) mass is 247 g/mol. The summed E-state index contributed by atoms with van der Waals surface area (Å²) in [6.45, 7) is 2.93. The van der Waals surface area contributed by atoms with E-state index in [1.807, 2.05) is 24.3 Å². The molecule has 1 N–H and O–H groups in total. The number of nitrogens with zero attached hydrogens (tertiary/aromatic N) is 2. The van der Waals surface area contributed by atoms with Gasteiger partial charge in [0.2, 0.25) is 0 Å². The fraction of sp³-hybridized carbons (Fsp3) is 0.231. The number of nitrogens with one attached hydrogen (secondary N) is 1. The van der Waals surface area contributed by atoms with Crippen LogP contribution >= 0.6 is 11.6 Å². The minimum Gasteiger partial charge on any atom is -0.370 e. The maximum Gasteiger partial charge on any atom is 0.129 e. The van der Waals surface area contributed by atoms with Crippen molar-refractivity contribution in [3.63, 3.8) is 0 Å². The highest BCUT2D eigenvalue weighted by Gasteiger charge is 2.00. The Morgan fingerprint density at radius 3 is 2.82 bits per heavy atom. The van der Waals surface area contributed by atoms with Gasteiger partial charge in [-0.15, -0.1) is 0 Å². The van der Waals surface area contributed by atoms with E-state index in [1.54, 1.807) is 12.3 Å². The van der Waals surface area contributed by atoms with Crippen molar-refractivity contribution < 1.29 is 0 Å². The van der Waals surface area contributed by atoms with E-state index >= 15 is 0 Å². The van der Waals surface area contributed by atoms with E-state index in [9.17, 15) is 0 Å². The summed E-state index contributed by atoms with van der Waals surface area (Å²) in [4.78, 5) is 8.56. The average Bonchev–Trinajstić information content (AvgIpc) is 2.33. The first-order chi connectivity index (χ1) is 8.28. The van der Waals surface area contributed by atoms with Gasteiger partial charge < -0.3 is 5.32 Å². The van der Waals surface area contributed by atoms with Gasteiger partial charge in [-0.1, -0.05) is 23.7 Å². The van der Waals surface area contributed by atoms with Crippen LogP contribution in [-0.4, -0.2) is 16.5 Å². The molecule has 17 heavy (non-hydrogen) atoms. The molecule has 0 aliphatic rings. The zero-order chi connectivity index (χ0) is 12.1. The lowest BCUT2D eigenvalue weighted by atomic mass is 10.1. The number of anilines is 1. The third kappa shape index (κ3) is 3.43. The maximum absolute atomic E-state index is 5.74. The molecule has 0 saturated carbocycles. The standard InChI is InChI=1S/C13H14ClN3/c1-2-15-13-5-3-4-11(17-13)8-10-6-7-12(14)16-9-10/h3-7,9H,2,8H2,1H3,(H,15,17). The molecule has 0 fully saturated rings. The van der Waals surface area contributed by atoms with Crippen molar-refractivity contribution >= 4 is 17.4 Å². The van der Waals surface area contributed by atoms with Crippen LogP contribution in [0.4, 0.5) is 5.82 Å². The first-order valence-corrected chi connectivity index (χ1v) is 5.96. The van der Waals surface area contributed by atoms with Gasteiger partial charge in [0.1, 0.15) is 11.0 Å². The van der Waals surface area contributed by atoms with Crippen molar-refractivity contribution in [1.82, 2.24) is 9.97 Å². The van der Waals surface area contributed by atoms with Gasteiger partial charge in [0.15, 0.2) is 0 Å². The summed E-state index contributed by atoms with van der Waals surface area (Å²) in [6, 6.07) is 9.74. The Kier molecular flexibility index (Phi) is 3.94. The summed E-state index contributed by atoms with van der Waals surface area (Å²) >= 11 is 5.74. The molecule has 0 amide bonds. The molecule has 0 atom stereocenters. The molecular weight excluding hydrogens is 234 g/mol. The lowest BCUT2D eigenvalue weighted by molar-refractivity contribution is 1.04. The molecule has 2 aromatic heterocycles. The highest BCUT2D eigenvalue weighted by molar-refractivity contribution is 6.29. The van der Waals surface area contributed by atoms with Crippen LogP contribution in [-0.2, 0) is 6.42 Å². The van der Waals surface area contributed by atoms with E-state index < -0.39 is 0 Å². The molecule has 3 nitrogen and oxygen atoms in total. The molecule has 0 spiro atoms. The van der Waals surface area contributed by atoms with Gasteiger partial charge in [-0.3, -0.25) is 0 Å². The Bertz CT molecular complexity index is 482. The molecule has 0 aromatic carbocycles. The number of rotatable bonds is 4. The Balaban J connectivity index is 2.12. The number of hydrogen-bond donors (Lipinski definition) is 1. The summed E-state index contributed by atoms with van der Waals surface area (Å²) in [7, 11) is 0. The lowest BCUT2D eigenvalue weighted by Crippen LogP contribution is -2.01. The van der Waals surface area contributed by atoms with Gasteiger partial charge in [-0.05, 0) is 30.7 Å². The van der Waals surface area contributed by atoms with Crippen LogP contribution in [0, 0.1) is 0 Å². The molecule has 88 valence electrons. The maximum atomic E-state index is 5.74. The summed E-state index contributed by atoms with van der Waals surface area (Å²) in [5.74, 6) is 0.909. The molecule has 0 unspecified atom stereocenters. The Labute approximate surface area is 106 Å². The minimum atomic E-state index is 0.517. The fourth-order valence-corrected chi connectivity index (χ4v) is 1.69. The number of hydrogen-bond acceptors (Lipinski definition) is 3. The summed E-state index contributed by atoms with van der Waals surface area (Å²) < 4.78 is 0. The van der Waals surface area contributed by atoms with E-state index in [0.717, 1.165) is 30.0 Å². The Hall–Kier alpha value is -1.61. The summed E-state index contributed by atoms with van der Waals surface area (Å²) in [5, 5.41) is 3.71. The van der Waals surface area contributed by atoms with E-state index in [1.165, 1.54) is 0 Å². The van der Waals surface area contributed by atoms with Crippen LogP contribution < -0.4 is 5.32 Å². The van der Waals surface area contributed by atoms with Crippen molar-refractivity contribution in [2.45, 2.75) is 13.3 Å². The molecular formula is C13H14ClN3. The van der Waals surface area contributed by atoms with Crippen LogP contribution in [0.25, 0.3) is 0 Å². The second kappa shape index (κ2) is 5.64. The molecule has 0 aliphatic heterocycles. The highest BCUT2D eigenvalue weighted by atomic mass is 35.5. The van der Waals surface area contributed by atoms with E-state index in [0.29, 0.717) is 5.15 Å². The second-order valence-corrected chi connectivity index (χ2v) is 4.10. The van der Waals surface area contributed by atoms with Gasteiger partial charge in [0.25, 0.3) is 0 Å². The molecule has 2 rings (SSSR count). The normalized spacial score (nSPS) is 10.2. The van der Waals surface area contributed by atoms with E-state index in [2.05, 4.69) is 22.2 Å². The Morgan fingerprint density at radius 2 is 2.12 bits per heavy atom. The van der Waals surface area contributed by atoms with Gasteiger partial charge in [-0.25, -0.2) is 9.97 Å². The smallest absolute Gasteiger partial charge is 0.129 e. The predicted molar refractivity (Wildman–Crippen MR) is 70.5 cm³/mol. The molecule has 0 saturated heterocycles. The lowest BCUT2D eigenvalue weighted by Gasteiger charge is -2.05. The van der Waals surface area contributed by atoms with Crippen molar-refractivity contribution in [2.75, 3.05) is 11.9 Å². The van der Waals surface area contributed by atoms with Crippen LogP contribution in [0.2, 0.25) is 5.15 Å².